The Balaban J connectivity index is 1.42. The molecule has 0 radical (unpaired) electrons. The lowest BCUT2D eigenvalue weighted by Crippen LogP contribution is -2.09. The molecule has 7 heteroatoms. The molecule has 5 rings (SSSR count). The van der Waals surface area contributed by atoms with Crippen molar-refractivity contribution in [3.05, 3.63) is 82.3 Å². The van der Waals surface area contributed by atoms with Crippen LogP contribution in [-0.4, -0.2) is 21.6 Å². The third kappa shape index (κ3) is 3.68. The SMILES string of the molecule is COc1cc(Nc2nc3c(s2)CCC[C@H]3c2ccccc2)ccc1-n1cnc(Cl)c1. The minimum Gasteiger partial charge on any atom is -0.494 e. The zero-order valence-corrected chi connectivity index (χ0v) is 18.1. The van der Waals surface area contributed by atoms with E-state index in [0.717, 1.165) is 35.1 Å². The summed E-state index contributed by atoms with van der Waals surface area (Å²) in [5.41, 5.74) is 4.38. The summed E-state index contributed by atoms with van der Waals surface area (Å²) in [5, 5.41) is 4.83. The third-order valence-electron chi connectivity index (χ3n) is 5.42. The highest BCUT2D eigenvalue weighted by Gasteiger charge is 2.26. The van der Waals surface area contributed by atoms with Gasteiger partial charge in [-0.15, -0.1) is 11.3 Å². The van der Waals surface area contributed by atoms with Gasteiger partial charge in [-0.05, 0) is 37.0 Å². The number of hydrogen-bond acceptors (Lipinski definition) is 5. The smallest absolute Gasteiger partial charge is 0.187 e. The largest absolute Gasteiger partial charge is 0.494 e. The number of thiazole rings is 1. The monoisotopic (exact) mass is 436 g/mol. The summed E-state index contributed by atoms with van der Waals surface area (Å²) in [4.78, 5) is 10.4. The lowest BCUT2D eigenvalue weighted by Gasteiger charge is -2.21. The van der Waals surface area contributed by atoms with Crippen LogP contribution >= 0.6 is 22.9 Å². The number of rotatable bonds is 5. The predicted octanol–water partition coefficient (Wildman–Crippen LogP) is 6.20. The number of methoxy groups -OCH3 is 1. The maximum Gasteiger partial charge on any atom is 0.187 e. The van der Waals surface area contributed by atoms with Gasteiger partial charge in [-0.1, -0.05) is 41.9 Å². The number of anilines is 2. The minimum absolute atomic E-state index is 0.379. The van der Waals surface area contributed by atoms with Gasteiger partial charge in [-0.3, -0.25) is 0 Å². The molecule has 4 aromatic rings. The van der Waals surface area contributed by atoms with Gasteiger partial charge in [-0.2, -0.15) is 0 Å². The highest BCUT2D eigenvalue weighted by Crippen LogP contribution is 2.41. The molecule has 1 aliphatic rings. The molecular weight excluding hydrogens is 416 g/mol. The molecule has 2 aromatic carbocycles. The van der Waals surface area contributed by atoms with E-state index in [0.29, 0.717) is 11.1 Å². The molecule has 0 saturated carbocycles. The van der Waals surface area contributed by atoms with Crippen LogP contribution in [0.3, 0.4) is 0 Å². The average Bonchev–Trinajstić information content (AvgIpc) is 3.39. The van der Waals surface area contributed by atoms with Gasteiger partial charge in [0.1, 0.15) is 17.2 Å². The second-order valence-electron chi connectivity index (χ2n) is 7.30. The number of halogens is 1. The number of imidazole rings is 1. The molecule has 0 fully saturated rings. The van der Waals surface area contributed by atoms with Gasteiger partial charge in [0, 0.05) is 28.7 Å². The van der Waals surface area contributed by atoms with E-state index in [1.165, 1.54) is 22.6 Å². The summed E-state index contributed by atoms with van der Waals surface area (Å²) < 4.78 is 7.44. The van der Waals surface area contributed by atoms with E-state index in [9.17, 15) is 0 Å². The fourth-order valence-electron chi connectivity index (χ4n) is 4.00. The first kappa shape index (κ1) is 19.2. The van der Waals surface area contributed by atoms with Gasteiger partial charge in [0.2, 0.25) is 0 Å². The molecule has 1 atom stereocenters. The van der Waals surface area contributed by atoms with Crippen LogP contribution < -0.4 is 10.1 Å². The predicted molar refractivity (Wildman–Crippen MR) is 122 cm³/mol. The Bertz CT molecular complexity index is 1170. The van der Waals surface area contributed by atoms with E-state index in [1.807, 2.05) is 22.8 Å². The van der Waals surface area contributed by atoms with E-state index < -0.39 is 0 Å². The minimum atomic E-state index is 0.379. The lowest BCUT2D eigenvalue weighted by atomic mass is 9.85. The fraction of sp³-hybridized carbons (Fsp3) is 0.217. The van der Waals surface area contributed by atoms with Crippen molar-refractivity contribution < 1.29 is 4.74 Å². The summed E-state index contributed by atoms with van der Waals surface area (Å²) >= 11 is 7.71. The number of aryl methyl sites for hydroxylation is 1. The van der Waals surface area contributed by atoms with Crippen molar-refractivity contribution >= 4 is 33.8 Å². The molecule has 0 aliphatic heterocycles. The van der Waals surface area contributed by atoms with E-state index in [2.05, 4.69) is 40.6 Å². The molecule has 30 heavy (non-hydrogen) atoms. The number of ether oxygens (including phenoxy) is 1. The van der Waals surface area contributed by atoms with Crippen LogP contribution in [0.1, 0.15) is 34.9 Å². The number of benzene rings is 2. The Morgan fingerprint density at radius 2 is 2.07 bits per heavy atom. The van der Waals surface area contributed by atoms with Crippen molar-refractivity contribution in [3.8, 4) is 11.4 Å². The molecule has 152 valence electrons. The molecule has 0 amide bonds. The molecule has 2 aromatic heterocycles. The van der Waals surface area contributed by atoms with Crippen molar-refractivity contribution in [3.63, 3.8) is 0 Å². The number of fused-ring (bicyclic) bond motifs is 1. The van der Waals surface area contributed by atoms with E-state index >= 15 is 0 Å². The van der Waals surface area contributed by atoms with Gasteiger partial charge in [0.15, 0.2) is 5.13 Å². The molecule has 1 aliphatic carbocycles. The van der Waals surface area contributed by atoms with E-state index in [-0.39, 0.29) is 0 Å². The first-order chi connectivity index (χ1) is 14.7. The maximum absolute atomic E-state index is 5.96. The summed E-state index contributed by atoms with van der Waals surface area (Å²) in [5.74, 6) is 1.11. The second kappa shape index (κ2) is 8.13. The number of nitrogens with one attached hydrogen (secondary N) is 1. The summed E-state index contributed by atoms with van der Waals surface area (Å²) in [6.45, 7) is 0. The van der Waals surface area contributed by atoms with Gasteiger partial charge >= 0.3 is 0 Å². The quantitative estimate of drug-likeness (QED) is 0.404. The average molecular weight is 437 g/mol. The third-order valence-corrected chi connectivity index (χ3v) is 6.66. The number of nitrogens with zero attached hydrogens (tertiary/aromatic N) is 3. The first-order valence-corrected chi connectivity index (χ1v) is 11.1. The Hall–Kier alpha value is -2.83. The van der Waals surface area contributed by atoms with Crippen LogP contribution in [0.25, 0.3) is 5.69 Å². The fourth-order valence-corrected chi connectivity index (χ4v) is 5.24. The first-order valence-electron chi connectivity index (χ1n) is 9.91. The molecule has 0 spiro atoms. The van der Waals surface area contributed by atoms with E-state index in [1.54, 1.807) is 31.0 Å². The molecule has 5 nitrogen and oxygen atoms in total. The van der Waals surface area contributed by atoms with E-state index in [4.69, 9.17) is 21.3 Å². The molecule has 0 saturated heterocycles. The Morgan fingerprint density at radius 1 is 1.20 bits per heavy atom. The summed E-state index contributed by atoms with van der Waals surface area (Å²) in [6, 6.07) is 16.7. The standard InChI is InChI=1S/C23H21ClN4OS/c1-29-19-12-16(10-11-18(19)28-13-21(24)25-14-28)26-23-27-22-17(8-5-9-20(22)30-23)15-6-3-2-4-7-15/h2-4,6-7,10-14,17H,5,8-9H2,1H3,(H,26,27)/t17-/m0/s1. The Morgan fingerprint density at radius 3 is 2.83 bits per heavy atom. The highest BCUT2D eigenvalue weighted by molar-refractivity contribution is 7.15. The lowest BCUT2D eigenvalue weighted by molar-refractivity contribution is 0.413. The van der Waals surface area contributed by atoms with Gasteiger partial charge in [-0.25, -0.2) is 9.97 Å². The van der Waals surface area contributed by atoms with Crippen molar-refractivity contribution in [1.29, 1.82) is 0 Å². The molecule has 0 bridgehead atoms. The molecular formula is C23H21ClN4OS. The van der Waals surface area contributed by atoms with Crippen LogP contribution in [-0.2, 0) is 6.42 Å². The van der Waals surface area contributed by atoms with Gasteiger partial charge in [0.25, 0.3) is 0 Å². The summed E-state index contributed by atoms with van der Waals surface area (Å²) in [7, 11) is 1.66. The van der Waals surface area contributed by atoms with Crippen molar-refractivity contribution in [2.75, 3.05) is 12.4 Å². The Kier molecular flexibility index (Phi) is 5.19. The summed E-state index contributed by atoms with van der Waals surface area (Å²) in [6.07, 6.45) is 6.87. The van der Waals surface area contributed by atoms with Crippen molar-refractivity contribution in [1.82, 2.24) is 14.5 Å². The molecule has 0 unspecified atom stereocenters. The van der Waals surface area contributed by atoms with Crippen LogP contribution in [0.5, 0.6) is 5.75 Å². The number of aromatic nitrogens is 3. The van der Waals surface area contributed by atoms with Gasteiger partial charge < -0.3 is 14.6 Å². The topological polar surface area (TPSA) is 52.0 Å². The van der Waals surface area contributed by atoms with Crippen LogP contribution in [0.2, 0.25) is 5.15 Å². The normalized spacial score (nSPS) is 15.6. The molecule has 2 heterocycles. The number of hydrogen-bond donors (Lipinski definition) is 1. The van der Waals surface area contributed by atoms with Crippen molar-refractivity contribution in [2.45, 2.75) is 25.2 Å². The second-order valence-corrected chi connectivity index (χ2v) is 8.77. The highest BCUT2D eigenvalue weighted by atomic mass is 35.5. The van der Waals surface area contributed by atoms with Crippen molar-refractivity contribution in [2.24, 2.45) is 0 Å². The van der Waals surface area contributed by atoms with Crippen LogP contribution in [0.4, 0.5) is 10.8 Å². The Labute approximate surface area is 184 Å². The maximum atomic E-state index is 5.96. The van der Waals surface area contributed by atoms with Crippen LogP contribution in [0, 0.1) is 0 Å². The zero-order chi connectivity index (χ0) is 20.5. The molecule has 1 N–H and O–H groups in total. The zero-order valence-electron chi connectivity index (χ0n) is 16.5. The van der Waals surface area contributed by atoms with Crippen LogP contribution in [0.15, 0.2) is 61.1 Å². The van der Waals surface area contributed by atoms with Gasteiger partial charge in [0.05, 0.1) is 18.5 Å².